The number of benzene rings is 1. The van der Waals surface area contributed by atoms with E-state index in [-0.39, 0.29) is 11.9 Å². The van der Waals surface area contributed by atoms with Crippen molar-refractivity contribution < 1.29 is 4.79 Å². The highest BCUT2D eigenvalue weighted by Gasteiger charge is 2.23. The van der Waals surface area contributed by atoms with Crippen LogP contribution in [-0.4, -0.2) is 44.5 Å². The van der Waals surface area contributed by atoms with Crippen molar-refractivity contribution in [2.24, 2.45) is 0 Å². The Morgan fingerprint density at radius 2 is 1.97 bits per heavy atom. The molecule has 0 atom stereocenters. The molecule has 0 saturated carbocycles. The van der Waals surface area contributed by atoms with Gasteiger partial charge in [-0.3, -0.25) is 4.79 Å². The number of carbonyl (C=O) groups excluding carboxylic acids is 1. The van der Waals surface area contributed by atoms with Crippen LogP contribution in [0.1, 0.15) is 29.5 Å². The molecule has 1 saturated heterocycles. The van der Waals surface area contributed by atoms with Gasteiger partial charge >= 0.3 is 0 Å². The molecule has 0 aliphatic carbocycles. The molecular weight excluding hydrogens is 430 g/mol. The van der Waals surface area contributed by atoms with E-state index < -0.39 is 0 Å². The van der Waals surface area contributed by atoms with Crippen LogP contribution in [0.25, 0.3) is 23.0 Å². The van der Waals surface area contributed by atoms with Crippen LogP contribution >= 0.6 is 11.3 Å². The normalized spacial score (nSPS) is 14.9. The largest absolute Gasteiger partial charge is 0.367 e. The fraction of sp³-hybridized carbons (Fsp3) is 0.269. The Morgan fingerprint density at radius 1 is 1.15 bits per heavy atom. The Morgan fingerprint density at radius 3 is 2.73 bits per heavy atom. The number of hydrogen-bond acceptors (Lipinski definition) is 5. The predicted octanol–water partition coefficient (Wildman–Crippen LogP) is 5.19. The summed E-state index contributed by atoms with van der Waals surface area (Å²) in [4.78, 5) is 19.4. The number of aromatic nitrogens is 3. The van der Waals surface area contributed by atoms with Crippen LogP contribution in [0.5, 0.6) is 0 Å². The second-order valence-corrected chi connectivity index (χ2v) is 9.32. The second kappa shape index (κ2) is 9.19. The fourth-order valence-corrected chi connectivity index (χ4v) is 4.90. The number of fused-ring (bicyclic) bond motifs is 1. The van der Waals surface area contributed by atoms with Crippen LogP contribution in [0.15, 0.2) is 59.4 Å². The highest BCUT2D eigenvalue weighted by Crippen LogP contribution is 2.27. The van der Waals surface area contributed by atoms with Gasteiger partial charge < -0.3 is 10.2 Å². The fourth-order valence-electron chi connectivity index (χ4n) is 4.27. The summed E-state index contributed by atoms with van der Waals surface area (Å²) in [6.45, 7) is 5.62. The van der Waals surface area contributed by atoms with E-state index in [1.165, 1.54) is 5.56 Å². The van der Waals surface area contributed by atoms with Crippen LogP contribution in [0.2, 0.25) is 0 Å². The molecule has 4 heterocycles. The molecule has 168 valence electrons. The van der Waals surface area contributed by atoms with Crippen LogP contribution in [-0.2, 0) is 4.79 Å². The number of piperidine rings is 1. The van der Waals surface area contributed by atoms with Gasteiger partial charge in [0.15, 0.2) is 5.65 Å². The van der Waals surface area contributed by atoms with Crippen LogP contribution in [0.4, 0.5) is 5.82 Å². The quantitative estimate of drug-likeness (QED) is 0.419. The second-order valence-electron chi connectivity index (χ2n) is 8.54. The van der Waals surface area contributed by atoms with Crippen molar-refractivity contribution >= 4 is 34.8 Å². The van der Waals surface area contributed by atoms with Crippen LogP contribution < -0.4 is 5.32 Å². The molecule has 6 nitrogen and oxygen atoms in total. The molecule has 1 amide bonds. The van der Waals surface area contributed by atoms with Gasteiger partial charge in [-0.2, -0.15) is 21.0 Å². The molecule has 0 unspecified atom stereocenters. The van der Waals surface area contributed by atoms with Crippen molar-refractivity contribution in [3.05, 3.63) is 76.1 Å². The summed E-state index contributed by atoms with van der Waals surface area (Å²) in [7, 11) is 0. The lowest BCUT2D eigenvalue weighted by Gasteiger charge is -2.32. The van der Waals surface area contributed by atoms with Gasteiger partial charge in [0.1, 0.15) is 5.82 Å². The number of likely N-dealkylation sites (tertiary alicyclic amines) is 1. The van der Waals surface area contributed by atoms with Crippen molar-refractivity contribution in [1.82, 2.24) is 19.5 Å². The minimum atomic E-state index is 0.0792. The highest BCUT2D eigenvalue weighted by atomic mass is 32.1. The smallest absolute Gasteiger partial charge is 0.246 e. The summed E-state index contributed by atoms with van der Waals surface area (Å²) < 4.78 is 1.89. The van der Waals surface area contributed by atoms with Crippen molar-refractivity contribution in [3.8, 4) is 11.3 Å². The lowest BCUT2D eigenvalue weighted by molar-refractivity contribution is -0.126. The molecule has 0 bridgehead atoms. The summed E-state index contributed by atoms with van der Waals surface area (Å²) in [5.41, 5.74) is 6.25. The first kappa shape index (κ1) is 21.4. The molecular formula is C26H27N5OS. The Bertz CT molecular complexity index is 1300. The number of carbonyl (C=O) groups is 1. The lowest BCUT2D eigenvalue weighted by atomic mass is 10.0. The average Bonchev–Trinajstić information content (AvgIpc) is 3.48. The van der Waals surface area contributed by atoms with E-state index in [2.05, 4.69) is 35.5 Å². The summed E-state index contributed by atoms with van der Waals surface area (Å²) in [6, 6.07) is 12.7. The number of rotatable bonds is 5. The number of amides is 1. The third kappa shape index (κ3) is 4.54. The van der Waals surface area contributed by atoms with Gasteiger partial charge in [0.25, 0.3) is 0 Å². The topological polar surface area (TPSA) is 62.5 Å². The minimum Gasteiger partial charge on any atom is -0.367 e. The lowest BCUT2D eigenvalue weighted by Crippen LogP contribution is -2.42. The van der Waals surface area contributed by atoms with E-state index in [9.17, 15) is 4.79 Å². The number of nitrogens with one attached hydrogen (secondary N) is 1. The Balaban J connectivity index is 1.32. The molecule has 7 heteroatoms. The molecule has 5 rings (SSSR count). The Hall–Kier alpha value is -3.45. The molecule has 1 aliphatic rings. The first-order chi connectivity index (χ1) is 16.1. The van der Waals surface area contributed by atoms with E-state index in [0.717, 1.165) is 59.8 Å². The standard InChI is InChI=1S/C26H27N5OS/c1-18-5-3-4-6-22(18)23-15-24(31-26(29-23)19(2)16-27-31)28-21-9-12-30(13-10-21)25(32)8-7-20-11-14-33-17-20/h3-8,11,14-17,21,28H,9-10,12-13H2,1-2H3/b8-7+. The summed E-state index contributed by atoms with van der Waals surface area (Å²) >= 11 is 1.63. The van der Waals surface area contributed by atoms with Crippen molar-refractivity contribution in [1.29, 1.82) is 0 Å². The first-order valence-electron chi connectivity index (χ1n) is 11.3. The van der Waals surface area contributed by atoms with E-state index in [4.69, 9.17) is 4.98 Å². The number of thiophene rings is 1. The van der Waals surface area contributed by atoms with Gasteiger partial charge in [0.2, 0.25) is 5.91 Å². The zero-order chi connectivity index (χ0) is 22.8. The highest BCUT2D eigenvalue weighted by molar-refractivity contribution is 7.08. The van der Waals surface area contributed by atoms with E-state index in [0.29, 0.717) is 0 Å². The van der Waals surface area contributed by atoms with Crippen LogP contribution in [0, 0.1) is 13.8 Å². The van der Waals surface area contributed by atoms with Gasteiger partial charge in [-0.1, -0.05) is 24.3 Å². The first-order valence-corrected chi connectivity index (χ1v) is 12.2. The van der Waals surface area contributed by atoms with Gasteiger partial charge in [-0.15, -0.1) is 0 Å². The van der Waals surface area contributed by atoms with E-state index in [1.54, 1.807) is 17.4 Å². The zero-order valence-electron chi connectivity index (χ0n) is 18.9. The van der Waals surface area contributed by atoms with Gasteiger partial charge in [-0.05, 0) is 60.7 Å². The maximum absolute atomic E-state index is 12.6. The molecule has 0 spiro atoms. The molecule has 1 fully saturated rings. The molecule has 4 aromatic rings. The SMILES string of the molecule is Cc1ccccc1-c1cc(NC2CCN(C(=O)/C=C/c3ccsc3)CC2)n2ncc(C)c2n1. The van der Waals surface area contributed by atoms with Gasteiger partial charge in [0.05, 0.1) is 11.9 Å². The zero-order valence-corrected chi connectivity index (χ0v) is 19.7. The summed E-state index contributed by atoms with van der Waals surface area (Å²) in [6.07, 6.45) is 7.22. The number of nitrogens with zero attached hydrogens (tertiary/aromatic N) is 4. The van der Waals surface area contributed by atoms with Crippen molar-refractivity contribution in [2.45, 2.75) is 32.7 Å². The van der Waals surface area contributed by atoms with Gasteiger partial charge in [0, 0.05) is 42.4 Å². The number of aryl methyl sites for hydroxylation is 2. The van der Waals surface area contributed by atoms with Crippen molar-refractivity contribution in [3.63, 3.8) is 0 Å². The molecule has 0 radical (unpaired) electrons. The molecule has 1 aliphatic heterocycles. The monoisotopic (exact) mass is 457 g/mol. The molecule has 3 aromatic heterocycles. The predicted molar refractivity (Wildman–Crippen MR) is 134 cm³/mol. The third-order valence-corrected chi connectivity index (χ3v) is 6.89. The Kier molecular flexibility index (Phi) is 5.96. The average molecular weight is 458 g/mol. The minimum absolute atomic E-state index is 0.0792. The van der Waals surface area contributed by atoms with Crippen molar-refractivity contribution in [2.75, 3.05) is 18.4 Å². The van der Waals surface area contributed by atoms with E-state index in [1.807, 2.05) is 57.6 Å². The van der Waals surface area contributed by atoms with E-state index >= 15 is 0 Å². The number of hydrogen-bond donors (Lipinski definition) is 1. The number of anilines is 1. The summed E-state index contributed by atoms with van der Waals surface area (Å²) in [5, 5.41) is 12.3. The molecule has 1 N–H and O–H groups in total. The van der Waals surface area contributed by atoms with Crippen LogP contribution in [0.3, 0.4) is 0 Å². The Labute approximate surface area is 197 Å². The molecule has 1 aromatic carbocycles. The van der Waals surface area contributed by atoms with Gasteiger partial charge in [-0.25, -0.2) is 4.98 Å². The third-order valence-electron chi connectivity index (χ3n) is 6.19. The summed E-state index contributed by atoms with van der Waals surface area (Å²) in [5.74, 6) is 1.02. The maximum atomic E-state index is 12.6. The molecule has 33 heavy (non-hydrogen) atoms. The maximum Gasteiger partial charge on any atom is 0.246 e.